The topological polar surface area (TPSA) is 47.0 Å². The van der Waals surface area contributed by atoms with Crippen LogP contribution < -0.4 is 10.1 Å². The summed E-state index contributed by atoms with van der Waals surface area (Å²) in [7, 11) is 0. The van der Waals surface area contributed by atoms with E-state index < -0.39 is 0 Å². The van der Waals surface area contributed by atoms with E-state index in [0.29, 0.717) is 12.6 Å². The molecule has 1 aliphatic rings. The van der Waals surface area contributed by atoms with E-state index in [2.05, 4.69) is 15.3 Å². The van der Waals surface area contributed by atoms with Gasteiger partial charge in [-0.1, -0.05) is 0 Å². The molecule has 4 nitrogen and oxygen atoms in total. The Morgan fingerprint density at radius 2 is 2.00 bits per heavy atom. The second-order valence-corrected chi connectivity index (χ2v) is 5.09. The predicted octanol–water partition coefficient (Wildman–Crippen LogP) is 2.35. The SMILES string of the molecule is c1cc(CCOc2ccc(CNC3CC3)nc2)ccn1. The fraction of sp³-hybridized carbons (Fsp3) is 0.375. The smallest absolute Gasteiger partial charge is 0.137 e. The predicted molar refractivity (Wildman–Crippen MR) is 77.5 cm³/mol. The van der Waals surface area contributed by atoms with Crippen LogP contribution >= 0.6 is 0 Å². The van der Waals surface area contributed by atoms with Gasteiger partial charge >= 0.3 is 0 Å². The van der Waals surface area contributed by atoms with Crippen molar-refractivity contribution in [1.82, 2.24) is 15.3 Å². The van der Waals surface area contributed by atoms with Gasteiger partial charge < -0.3 is 10.1 Å². The molecule has 3 rings (SSSR count). The van der Waals surface area contributed by atoms with Crippen LogP contribution in [0.25, 0.3) is 0 Å². The molecule has 1 N–H and O–H groups in total. The molecule has 0 atom stereocenters. The van der Waals surface area contributed by atoms with Gasteiger partial charge in [-0.3, -0.25) is 9.97 Å². The molecule has 0 radical (unpaired) electrons. The first kappa shape index (κ1) is 13.1. The second-order valence-electron chi connectivity index (χ2n) is 5.09. The third-order valence-corrected chi connectivity index (χ3v) is 3.36. The van der Waals surface area contributed by atoms with Gasteiger partial charge in [0.15, 0.2) is 0 Å². The molecule has 2 aromatic heterocycles. The number of nitrogens with one attached hydrogen (secondary N) is 1. The average molecular weight is 269 g/mol. The summed E-state index contributed by atoms with van der Waals surface area (Å²) in [5.41, 5.74) is 2.30. The highest BCUT2D eigenvalue weighted by Crippen LogP contribution is 2.19. The molecule has 0 aromatic carbocycles. The molecule has 4 heteroatoms. The summed E-state index contributed by atoms with van der Waals surface area (Å²) in [5.74, 6) is 0.828. The number of hydrogen-bond acceptors (Lipinski definition) is 4. The van der Waals surface area contributed by atoms with Crippen molar-refractivity contribution >= 4 is 0 Å². The minimum atomic E-state index is 0.658. The van der Waals surface area contributed by atoms with Crippen molar-refractivity contribution in [3.8, 4) is 5.75 Å². The van der Waals surface area contributed by atoms with Crippen molar-refractivity contribution < 1.29 is 4.74 Å². The summed E-state index contributed by atoms with van der Waals surface area (Å²) in [6.07, 6.45) is 8.90. The second kappa shape index (κ2) is 6.48. The van der Waals surface area contributed by atoms with Gasteiger partial charge in [0.25, 0.3) is 0 Å². The van der Waals surface area contributed by atoms with Crippen LogP contribution in [-0.2, 0) is 13.0 Å². The highest BCUT2D eigenvalue weighted by atomic mass is 16.5. The van der Waals surface area contributed by atoms with Crippen molar-refractivity contribution in [2.75, 3.05) is 6.61 Å². The molecule has 2 heterocycles. The number of nitrogens with zero attached hydrogens (tertiary/aromatic N) is 2. The first-order valence-corrected chi connectivity index (χ1v) is 7.10. The Labute approximate surface area is 119 Å². The summed E-state index contributed by atoms with van der Waals surface area (Å²) in [6, 6.07) is 8.75. The van der Waals surface area contributed by atoms with Crippen LogP contribution in [0.3, 0.4) is 0 Å². The fourth-order valence-corrected chi connectivity index (χ4v) is 1.97. The van der Waals surface area contributed by atoms with Crippen LogP contribution in [0, 0.1) is 0 Å². The lowest BCUT2D eigenvalue weighted by atomic mass is 10.2. The molecule has 2 aromatic rings. The Bertz CT molecular complexity index is 523. The average Bonchev–Trinajstić information content (AvgIpc) is 3.32. The zero-order valence-corrected chi connectivity index (χ0v) is 11.5. The molecule has 0 aliphatic heterocycles. The van der Waals surface area contributed by atoms with Crippen LogP contribution in [0.4, 0.5) is 0 Å². The van der Waals surface area contributed by atoms with Crippen LogP contribution in [0.1, 0.15) is 24.1 Å². The number of aromatic nitrogens is 2. The van der Waals surface area contributed by atoms with Crippen molar-refractivity contribution in [1.29, 1.82) is 0 Å². The summed E-state index contributed by atoms with van der Waals surface area (Å²) < 4.78 is 5.70. The van der Waals surface area contributed by atoms with E-state index in [4.69, 9.17) is 4.74 Å². The normalized spacial score (nSPS) is 14.2. The third kappa shape index (κ3) is 4.03. The van der Waals surface area contributed by atoms with Gasteiger partial charge in [-0.2, -0.15) is 0 Å². The van der Waals surface area contributed by atoms with Gasteiger partial charge in [-0.15, -0.1) is 0 Å². The minimum Gasteiger partial charge on any atom is -0.492 e. The molecule has 104 valence electrons. The molecule has 20 heavy (non-hydrogen) atoms. The fourth-order valence-electron chi connectivity index (χ4n) is 1.97. The van der Waals surface area contributed by atoms with Crippen LogP contribution in [-0.4, -0.2) is 22.6 Å². The van der Waals surface area contributed by atoms with Crippen LogP contribution in [0.5, 0.6) is 5.75 Å². The van der Waals surface area contributed by atoms with E-state index in [1.54, 1.807) is 18.6 Å². The lowest BCUT2D eigenvalue weighted by Crippen LogP contribution is -2.16. The Morgan fingerprint density at radius 1 is 1.15 bits per heavy atom. The lowest BCUT2D eigenvalue weighted by Gasteiger charge is -2.07. The molecule has 1 fully saturated rings. The summed E-state index contributed by atoms with van der Waals surface area (Å²) >= 11 is 0. The first-order chi connectivity index (χ1) is 9.90. The molecule has 0 amide bonds. The Balaban J connectivity index is 1.43. The Morgan fingerprint density at radius 3 is 2.70 bits per heavy atom. The summed E-state index contributed by atoms with van der Waals surface area (Å²) in [5, 5.41) is 3.45. The maximum absolute atomic E-state index is 5.70. The zero-order valence-electron chi connectivity index (χ0n) is 11.5. The maximum atomic E-state index is 5.70. The molecule has 0 saturated heterocycles. The van der Waals surface area contributed by atoms with Crippen molar-refractivity contribution in [3.63, 3.8) is 0 Å². The minimum absolute atomic E-state index is 0.658. The molecular formula is C16H19N3O. The van der Waals surface area contributed by atoms with E-state index >= 15 is 0 Å². The Kier molecular flexibility index (Phi) is 4.23. The summed E-state index contributed by atoms with van der Waals surface area (Å²) in [6.45, 7) is 1.51. The number of rotatable bonds is 7. The maximum Gasteiger partial charge on any atom is 0.137 e. The summed E-state index contributed by atoms with van der Waals surface area (Å²) in [4.78, 5) is 8.41. The number of ether oxygens (including phenoxy) is 1. The van der Waals surface area contributed by atoms with E-state index in [-0.39, 0.29) is 0 Å². The van der Waals surface area contributed by atoms with Gasteiger partial charge in [0.2, 0.25) is 0 Å². The van der Waals surface area contributed by atoms with Gasteiger partial charge in [-0.25, -0.2) is 0 Å². The molecule has 1 aliphatic carbocycles. The Hall–Kier alpha value is -1.94. The number of hydrogen-bond donors (Lipinski definition) is 1. The van der Waals surface area contributed by atoms with E-state index in [1.165, 1.54) is 18.4 Å². The largest absolute Gasteiger partial charge is 0.492 e. The molecule has 0 spiro atoms. The standard InChI is InChI=1S/C16H19N3O/c1-2-14(1)18-11-15-3-4-16(12-19-15)20-10-7-13-5-8-17-9-6-13/h3-6,8-9,12,14,18H,1-2,7,10-11H2. The van der Waals surface area contributed by atoms with E-state index in [1.807, 2.05) is 24.3 Å². The van der Waals surface area contributed by atoms with Crippen molar-refractivity contribution in [2.45, 2.75) is 31.8 Å². The van der Waals surface area contributed by atoms with Gasteiger partial charge in [0.1, 0.15) is 5.75 Å². The molecule has 0 unspecified atom stereocenters. The van der Waals surface area contributed by atoms with E-state index in [0.717, 1.165) is 24.4 Å². The van der Waals surface area contributed by atoms with Gasteiger partial charge in [0, 0.05) is 31.4 Å². The van der Waals surface area contributed by atoms with Crippen LogP contribution in [0.15, 0.2) is 42.9 Å². The van der Waals surface area contributed by atoms with Crippen molar-refractivity contribution in [2.24, 2.45) is 0 Å². The van der Waals surface area contributed by atoms with Crippen molar-refractivity contribution in [3.05, 3.63) is 54.1 Å². The highest BCUT2D eigenvalue weighted by Gasteiger charge is 2.19. The first-order valence-electron chi connectivity index (χ1n) is 7.10. The monoisotopic (exact) mass is 269 g/mol. The zero-order chi connectivity index (χ0) is 13.6. The third-order valence-electron chi connectivity index (χ3n) is 3.36. The highest BCUT2D eigenvalue weighted by molar-refractivity contribution is 5.20. The van der Waals surface area contributed by atoms with Crippen LogP contribution in [0.2, 0.25) is 0 Å². The molecule has 0 bridgehead atoms. The van der Waals surface area contributed by atoms with Gasteiger partial charge in [0.05, 0.1) is 18.5 Å². The molecular weight excluding hydrogens is 250 g/mol. The quantitative estimate of drug-likeness (QED) is 0.838. The lowest BCUT2D eigenvalue weighted by molar-refractivity contribution is 0.320. The van der Waals surface area contributed by atoms with Gasteiger partial charge in [-0.05, 0) is 42.7 Å². The number of pyridine rings is 2. The van der Waals surface area contributed by atoms with E-state index in [9.17, 15) is 0 Å². The molecule has 1 saturated carbocycles.